The van der Waals surface area contributed by atoms with E-state index in [-0.39, 0.29) is 21.7 Å². The van der Waals surface area contributed by atoms with Crippen LogP contribution in [-0.2, 0) is 4.79 Å². The van der Waals surface area contributed by atoms with E-state index in [1.165, 1.54) is 128 Å². The van der Waals surface area contributed by atoms with Gasteiger partial charge in [0, 0.05) is 10.8 Å². The van der Waals surface area contributed by atoms with E-state index in [1.807, 2.05) is 0 Å². The minimum atomic E-state index is -0.290. The molecule has 0 radical (unpaired) electrons. The van der Waals surface area contributed by atoms with E-state index in [9.17, 15) is 4.79 Å². The van der Waals surface area contributed by atoms with E-state index < -0.39 is 0 Å². The Hall–Kier alpha value is -0.330. The minimum absolute atomic E-state index is 0.244. The van der Waals surface area contributed by atoms with Crippen molar-refractivity contribution in [2.45, 2.75) is 224 Å². The van der Waals surface area contributed by atoms with E-state index in [1.54, 1.807) is 0 Å². The van der Waals surface area contributed by atoms with Crippen LogP contribution in [0.25, 0.3) is 0 Å². The van der Waals surface area contributed by atoms with Gasteiger partial charge in [0.15, 0.2) is 0 Å². The van der Waals surface area contributed by atoms with E-state index in [4.69, 9.17) is 0 Å². The first-order chi connectivity index (χ1) is 19.7. The van der Waals surface area contributed by atoms with Gasteiger partial charge in [-0.3, -0.25) is 4.79 Å². The van der Waals surface area contributed by atoms with Gasteiger partial charge in [0.25, 0.3) is 0 Å². The first-order valence-corrected chi connectivity index (χ1v) is 19.2. The van der Waals surface area contributed by atoms with Gasteiger partial charge in [-0.05, 0) is 61.2 Å². The number of carbonyl (C=O) groups excluding carboxylic acids is 1. The Balaban J connectivity index is 6.03. The third-order valence-electron chi connectivity index (χ3n) is 10.7. The summed E-state index contributed by atoms with van der Waals surface area (Å²) in [5.41, 5.74) is -0.0916. The van der Waals surface area contributed by atoms with Gasteiger partial charge in [0.2, 0.25) is 0 Å². The van der Waals surface area contributed by atoms with Gasteiger partial charge in [0.1, 0.15) is 5.78 Å². The highest BCUT2D eigenvalue weighted by Gasteiger charge is 2.46. The van der Waals surface area contributed by atoms with Crippen molar-refractivity contribution in [2.24, 2.45) is 33.5 Å². The van der Waals surface area contributed by atoms with Crippen molar-refractivity contribution < 1.29 is 4.79 Å². The Morgan fingerprint density at radius 3 is 0.952 bits per heavy atom. The molecule has 42 heavy (non-hydrogen) atoms. The van der Waals surface area contributed by atoms with Crippen molar-refractivity contribution in [3.8, 4) is 0 Å². The smallest absolute Gasteiger partial charge is 0.144 e. The molecule has 0 spiro atoms. The molecular weight excluding hydrogens is 508 g/mol. The first kappa shape index (κ1) is 41.7. The SMILES string of the molecule is CCCCC(CCCC)CC(C)(CCCC)CC(C)(C)C(=O)C(C)(C)CC(C)(CCCC)CC(CCCC)CCCC. The average molecular weight is 591 g/mol. The van der Waals surface area contributed by atoms with Crippen molar-refractivity contribution in [2.75, 3.05) is 0 Å². The highest BCUT2D eigenvalue weighted by molar-refractivity contribution is 5.89. The predicted molar refractivity (Wildman–Crippen MR) is 191 cm³/mol. The molecule has 2 atom stereocenters. The molecule has 0 bridgehead atoms. The lowest BCUT2D eigenvalue weighted by atomic mass is 9.58. The minimum Gasteiger partial charge on any atom is -0.299 e. The normalized spacial score (nSPS) is 15.8. The topological polar surface area (TPSA) is 17.1 Å². The van der Waals surface area contributed by atoms with E-state index in [0.29, 0.717) is 5.78 Å². The zero-order chi connectivity index (χ0) is 32.3. The molecule has 0 aliphatic rings. The third kappa shape index (κ3) is 16.7. The molecule has 0 fully saturated rings. The lowest BCUT2D eigenvalue weighted by Gasteiger charge is -2.45. The number of hydrogen-bond acceptors (Lipinski definition) is 1. The second-order valence-corrected chi connectivity index (χ2v) is 17.0. The third-order valence-corrected chi connectivity index (χ3v) is 10.7. The zero-order valence-electron chi connectivity index (χ0n) is 31.6. The number of carbonyl (C=O) groups is 1. The summed E-state index contributed by atoms with van der Waals surface area (Å²) >= 11 is 0. The molecule has 0 aromatic rings. The lowest BCUT2D eigenvalue weighted by Crippen LogP contribution is -2.43. The molecule has 0 aromatic carbocycles. The van der Waals surface area contributed by atoms with Crippen molar-refractivity contribution in [3.63, 3.8) is 0 Å². The fraction of sp³-hybridized carbons (Fsp3) is 0.976. The van der Waals surface area contributed by atoms with Crippen LogP contribution in [0.5, 0.6) is 0 Å². The van der Waals surface area contributed by atoms with E-state index in [0.717, 1.165) is 24.7 Å². The maximum absolute atomic E-state index is 14.6. The Bertz CT molecular complexity index is 602. The molecule has 0 rings (SSSR count). The van der Waals surface area contributed by atoms with E-state index in [2.05, 4.69) is 83.1 Å². The monoisotopic (exact) mass is 591 g/mol. The summed E-state index contributed by atoms with van der Waals surface area (Å²) in [6, 6.07) is 0. The molecule has 252 valence electrons. The van der Waals surface area contributed by atoms with Gasteiger partial charge in [-0.25, -0.2) is 0 Å². The number of rotatable bonds is 28. The number of Topliss-reactive ketones (excluding diaryl/α,β-unsaturated/α-hetero) is 1. The van der Waals surface area contributed by atoms with Crippen LogP contribution >= 0.6 is 0 Å². The summed E-state index contributed by atoms with van der Waals surface area (Å²) in [6.07, 6.45) is 28.3. The van der Waals surface area contributed by atoms with Gasteiger partial charge in [-0.2, -0.15) is 0 Å². The molecular formula is C41H82O. The van der Waals surface area contributed by atoms with Gasteiger partial charge in [0.05, 0.1) is 0 Å². The standard InChI is InChI=1S/C41H82O/c1-13-19-25-35(26-20-14-2)31-40(11,29-23-17-5)33-38(7,8)37(42)39(9,10)34-41(12,30-24-18-6)32-36(27-21-15-3)28-22-16-4/h35-36H,13-34H2,1-12H3. The summed E-state index contributed by atoms with van der Waals surface area (Å²) in [6.45, 7) is 28.3. The largest absolute Gasteiger partial charge is 0.299 e. The maximum atomic E-state index is 14.6. The van der Waals surface area contributed by atoms with Crippen LogP contribution in [0.4, 0.5) is 0 Å². The Morgan fingerprint density at radius 1 is 0.452 bits per heavy atom. The Morgan fingerprint density at radius 2 is 0.714 bits per heavy atom. The summed E-state index contributed by atoms with van der Waals surface area (Å²) in [7, 11) is 0. The number of ketones is 1. The second kappa shape index (κ2) is 21.4. The van der Waals surface area contributed by atoms with Gasteiger partial charge < -0.3 is 0 Å². The molecule has 2 unspecified atom stereocenters. The van der Waals surface area contributed by atoms with Crippen molar-refractivity contribution in [1.29, 1.82) is 0 Å². The maximum Gasteiger partial charge on any atom is 0.144 e. The second-order valence-electron chi connectivity index (χ2n) is 17.0. The van der Waals surface area contributed by atoms with Crippen LogP contribution in [0.1, 0.15) is 224 Å². The van der Waals surface area contributed by atoms with Crippen LogP contribution < -0.4 is 0 Å². The van der Waals surface area contributed by atoms with Crippen molar-refractivity contribution in [1.82, 2.24) is 0 Å². The zero-order valence-corrected chi connectivity index (χ0v) is 31.6. The molecule has 0 amide bonds. The van der Waals surface area contributed by atoms with Crippen molar-refractivity contribution in [3.05, 3.63) is 0 Å². The fourth-order valence-electron chi connectivity index (χ4n) is 9.00. The summed E-state index contributed by atoms with van der Waals surface area (Å²) in [4.78, 5) is 14.6. The van der Waals surface area contributed by atoms with Crippen LogP contribution in [-0.4, -0.2) is 5.78 Å². The summed E-state index contributed by atoms with van der Waals surface area (Å²) in [5, 5.41) is 0. The average Bonchev–Trinajstić information content (AvgIpc) is 2.92. The quantitative estimate of drug-likeness (QED) is 0.0885. The molecule has 0 saturated heterocycles. The highest BCUT2D eigenvalue weighted by Crippen LogP contribution is 2.50. The Labute approximate surface area is 267 Å². The van der Waals surface area contributed by atoms with Gasteiger partial charge in [-0.15, -0.1) is 0 Å². The molecule has 0 aromatic heterocycles. The summed E-state index contributed by atoms with van der Waals surface area (Å²) in [5.74, 6) is 2.15. The van der Waals surface area contributed by atoms with Crippen LogP contribution in [0.15, 0.2) is 0 Å². The van der Waals surface area contributed by atoms with Gasteiger partial charge >= 0.3 is 0 Å². The molecule has 0 aliphatic carbocycles. The molecule has 0 saturated carbocycles. The molecule has 0 N–H and O–H groups in total. The number of hydrogen-bond donors (Lipinski definition) is 0. The molecule has 1 heteroatoms. The fourth-order valence-corrected chi connectivity index (χ4v) is 9.00. The summed E-state index contributed by atoms with van der Waals surface area (Å²) < 4.78 is 0. The number of unbranched alkanes of at least 4 members (excludes halogenated alkanes) is 6. The van der Waals surface area contributed by atoms with Crippen LogP contribution in [0, 0.1) is 33.5 Å². The molecule has 0 aliphatic heterocycles. The van der Waals surface area contributed by atoms with Crippen LogP contribution in [0.3, 0.4) is 0 Å². The van der Waals surface area contributed by atoms with Gasteiger partial charge in [-0.1, -0.05) is 186 Å². The van der Waals surface area contributed by atoms with E-state index >= 15 is 0 Å². The highest BCUT2D eigenvalue weighted by atomic mass is 16.1. The molecule has 1 nitrogen and oxygen atoms in total. The first-order valence-electron chi connectivity index (χ1n) is 19.2. The predicted octanol–water partition coefficient (Wildman–Crippen LogP) is 14.6. The van der Waals surface area contributed by atoms with Crippen molar-refractivity contribution >= 4 is 5.78 Å². The van der Waals surface area contributed by atoms with Crippen LogP contribution in [0.2, 0.25) is 0 Å². The lowest BCUT2D eigenvalue weighted by molar-refractivity contribution is -0.140. The molecule has 0 heterocycles. The Kier molecular flexibility index (Phi) is 21.2.